The zero-order chi connectivity index (χ0) is 14.5. The summed E-state index contributed by atoms with van der Waals surface area (Å²) in [5.74, 6) is 0. The zero-order valence-electron chi connectivity index (χ0n) is 12.2. The van der Waals surface area contributed by atoms with Gasteiger partial charge in [-0.15, -0.1) is 0 Å². The summed E-state index contributed by atoms with van der Waals surface area (Å²) in [6, 6.07) is 12.6. The van der Waals surface area contributed by atoms with Crippen LogP contribution in [0.15, 0.2) is 48.8 Å². The Labute approximate surface area is 125 Å². The average molecular weight is 286 g/mol. The monoisotopic (exact) mass is 286 g/mol. The fourth-order valence-electron chi connectivity index (χ4n) is 2.60. The van der Waals surface area contributed by atoms with E-state index in [-0.39, 0.29) is 12.0 Å². The third-order valence-electron chi connectivity index (χ3n) is 4.00. The molecule has 0 atom stereocenters. The van der Waals surface area contributed by atoms with Crippen molar-refractivity contribution in [1.29, 1.82) is 0 Å². The Kier molecular flexibility index (Phi) is 4.39. The highest BCUT2D eigenvalue weighted by Gasteiger charge is 2.37. The largest absolute Gasteiger partial charge is 0.396 e. The van der Waals surface area contributed by atoms with Crippen molar-refractivity contribution >= 4 is 0 Å². The number of aliphatic hydroxyl groups excluding tert-OH is 1. The molecule has 1 fully saturated rings. The van der Waals surface area contributed by atoms with Crippen LogP contribution in [0.3, 0.4) is 0 Å². The Morgan fingerprint density at radius 2 is 1.95 bits per heavy atom. The van der Waals surface area contributed by atoms with Gasteiger partial charge in [0.1, 0.15) is 0 Å². The van der Waals surface area contributed by atoms with E-state index in [1.807, 2.05) is 6.07 Å². The van der Waals surface area contributed by atoms with Crippen LogP contribution >= 0.6 is 0 Å². The number of hydrogen-bond donors (Lipinski definition) is 2. The Balaban J connectivity index is 1.49. The van der Waals surface area contributed by atoms with Gasteiger partial charge in [-0.1, -0.05) is 30.3 Å². The van der Waals surface area contributed by atoms with E-state index in [1.165, 1.54) is 11.1 Å². The summed E-state index contributed by atoms with van der Waals surface area (Å²) in [4.78, 5) is 0. The highest BCUT2D eigenvalue weighted by Crippen LogP contribution is 2.25. The Hall–Kier alpha value is -1.62. The summed E-state index contributed by atoms with van der Waals surface area (Å²) in [5, 5.41) is 12.8. The number of rotatable bonds is 7. The first-order valence-electron chi connectivity index (χ1n) is 7.38. The maximum Gasteiger partial charge on any atom is 0.0579 e. The van der Waals surface area contributed by atoms with E-state index in [0.29, 0.717) is 13.2 Å². The van der Waals surface area contributed by atoms with Crippen LogP contribution in [0.1, 0.15) is 11.1 Å². The minimum Gasteiger partial charge on any atom is -0.396 e. The number of nitrogens with zero attached hydrogens (tertiary/aromatic N) is 1. The van der Waals surface area contributed by atoms with Gasteiger partial charge in [-0.3, -0.25) is 0 Å². The molecule has 1 aliphatic rings. The van der Waals surface area contributed by atoms with E-state index >= 15 is 0 Å². The second kappa shape index (κ2) is 6.43. The predicted molar refractivity (Wildman–Crippen MR) is 82.0 cm³/mol. The molecule has 1 aliphatic heterocycles. The van der Waals surface area contributed by atoms with Crippen LogP contribution in [-0.2, 0) is 17.8 Å². The number of hydrogen-bond acceptors (Lipinski definition) is 3. The van der Waals surface area contributed by atoms with Gasteiger partial charge in [-0.25, -0.2) is 0 Å². The van der Waals surface area contributed by atoms with Gasteiger partial charge in [0.05, 0.1) is 25.2 Å². The van der Waals surface area contributed by atoms with E-state index < -0.39 is 0 Å². The molecule has 1 aromatic carbocycles. The standard InChI is InChI=1S/C17H22N2O2/c20-12-17(13-21-14-17)11-18-8-16-6-7-19(10-16)9-15-4-2-1-3-5-15/h1-7,10,18,20H,8-9,11-14H2. The number of aliphatic hydroxyl groups is 1. The number of nitrogens with one attached hydrogen (secondary N) is 1. The molecule has 0 aliphatic carbocycles. The van der Waals surface area contributed by atoms with E-state index in [0.717, 1.165) is 19.6 Å². The second-order valence-electron chi connectivity index (χ2n) is 5.93. The molecule has 2 heterocycles. The summed E-state index contributed by atoms with van der Waals surface area (Å²) in [7, 11) is 0. The number of benzene rings is 1. The van der Waals surface area contributed by atoms with Gasteiger partial charge in [0.2, 0.25) is 0 Å². The molecule has 4 heteroatoms. The topological polar surface area (TPSA) is 46.4 Å². The maximum absolute atomic E-state index is 9.38. The van der Waals surface area contributed by atoms with Gasteiger partial charge in [-0.2, -0.15) is 0 Å². The first-order chi connectivity index (χ1) is 10.3. The lowest BCUT2D eigenvalue weighted by atomic mass is 9.87. The van der Waals surface area contributed by atoms with E-state index in [1.54, 1.807) is 0 Å². The maximum atomic E-state index is 9.38. The zero-order valence-corrected chi connectivity index (χ0v) is 12.2. The second-order valence-corrected chi connectivity index (χ2v) is 5.93. The van der Waals surface area contributed by atoms with Gasteiger partial charge >= 0.3 is 0 Å². The van der Waals surface area contributed by atoms with E-state index in [2.05, 4.69) is 52.6 Å². The molecular weight excluding hydrogens is 264 g/mol. The Bertz CT molecular complexity index is 556. The third kappa shape index (κ3) is 3.53. The molecule has 3 rings (SSSR count). The van der Waals surface area contributed by atoms with Crippen molar-refractivity contribution in [2.75, 3.05) is 26.4 Å². The predicted octanol–water partition coefficient (Wildman–Crippen LogP) is 1.63. The first kappa shape index (κ1) is 14.3. The van der Waals surface area contributed by atoms with Crippen LogP contribution < -0.4 is 5.32 Å². The molecule has 4 nitrogen and oxygen atoms in total. The van der Waals surface area contributed by atoms with Crippen LogP contribution in [0.4, 0.5) is 0 Å². The Morgan fingerprint density at radius 1 is 1.14 bits per heavy atom. The minimum atomic E-state index is -0.0629. The first-order valence-corrected chi connectivity index (χ1v) is 7.38. The summed E-state index contributed by atoms with van der Waals surface area (Å²) in [5.41, 5.74) is 2.50. The molecule has 0 amide bonds. The van der Waals surface area contributed by atoms with Crippen LogP contribution in [0.2, 0.25) is 0 Å². The third-order valence-corrected chi connectivity index (χ3v) is 4.00. The molecule has 2 N–H and O–H groups in total. The molecule has 0 saturated carbocycles. The molecule has 1 saturated heterocycles. The number of aromatic nitrogens is 1. The van der Waals surface area contributed by atoms with Crippen LogP contribution in [-0.4, -0.2) is 36.0 Å². The molecule has 112 valence electrons. The molecule has 0 bridgehead atoms. The lowest BCUT2D eigenvalue weighted by Crippen LogP contribution is -2.52. The molecule has 0 radical (unpaired) electrons. The van der Waals surface area contributed by atoms with Crippen molar-refractivity contribution in [1.82, 2.24) is 9.88 Å². The quantitative estimate of drug-likeness (QED) is 0.813. The molecule has 21 heavy (non-hydrogen) atoms. The SMILES string of the molecule is OCC1(CNCc2ccn(Cc3ccccc3)c2)COC1. The lowest BCUT2D eigenvalue weighted by molar-refractivity contribution is -0.134. The fourth-order valence-corrected chi connectivity index (χ4v) is 2.60. The van der Waals surface area contributed by atoms with Crippen molar-refractivity contribution < 1.29 is 9.84 Å². The molecule has 2 aromatic rings. The van der Waals surface area contributed by atoms with E-state index in [4.69, 9.17) is 4.74 Å². The molecule has 1 aromatic heterocycles. The van der Waals surface area contributed by atoms with Crippen molar-refractivity contribution in [3.63, 3.8) is 0 Å². The van der Waals surface area contributed by atoms with Crippen molar-refractivity contribution in [2.45, 2.75) is 13.1 Å². The molecular formula is C17H22N2O2. The van der Waals surface area contributed by atoms with Gasteiger partial charge in [0.25, 0.3) is 0 Å². The van der Waals surface area contributed by atoms with Gasteiger partial charge < -0.3 is 19.7 Å². The summed E-state index contributed by atoms with van der Waals surface area (Å²) >= 11 is 0. The highest BCUT2D eigenvalue weighted by molar-refractivity contribution is 5.17. The van der Waals surface area contributed by atoms with Gasteiger partial charge in [0, 0.05) is 32.0 Å². The average Bonchev–Trinajstić information content (AvgIpc) is 2.90. The summed E-state index contributed by atoms with van der Waals surface area (Å²) in [6.45, 7) is 4.03. The smallest absolute Gasteiger partial charge is 0.0579 e. The van der Waals surface area contributed by atoms with Gasteiger partial charge in [-0.05, 0) is 17.2 Å². The highest BCUT2D eigenvalue weighted by atomic mass is 16.5. The molecule has 0 spiro atoms. The number of ether oxygens (including phenoxy) is 1. The Morgan fingerprint density at radius 3 is 2.62 bits per heavy atom. The van der Waals surface area contributed by atoms with Crippen molar-refractivity contribution in [3.05, 3.63) is 59.9 Å². The van der Waals surface area contributed by atoms with E-state index in [9.17, 15) is 5.11 Å². The summed E-state index contributed by atoms with van der Waals surface area (Å²) < 4.78 is 7.39. The summed E-state index contributed by atoms with van der Waals surface area (Å²) in [6.07, 6.45) is 4.28. The minimum absolute atomic E-state index is 0.0629. The lowest BCUT2D eigenvalue weighted by Gasteiger charge is -2.40. The van der Waals surface area contributed by atoms with Gasteiger partial charge in [0.15, 0.2) is 0 Å². The van der Waals surface area contributed by atoms with Crippen molar-refractivity contribution in [3.8, 4) is 0 Å². The van der Waals surface area contributed by atoms with Crippen molar-refractivity contribution in [2.24, 2.45) is 5.41 Å². The van der Waals surface area contributed by atoms with Crippen LogP contribution in [0.5, 0.6) is 0 Å². The molecule has 0 unspecified atom stereocenters. The normalized spacial score (nSPS) is 16.6. The van der Waals surface area contributed by atoms with Crippen LogP contribution in [0, 0.1) is 5.41 Å². The van der Waals surface area contributed by atoms with Crippen LogP contribution in [0.25, 0.3) is 0 Å². The fraction of sp³-hybridized carbons (Fsp3) is 0.412.